The number of benzene rings is 5. The van der Waals surface area contributed by atoms with Gasteiger partial charge in [0.25, 0.3) is 0 Å². The summed E-state index contributed by atoms with van der Waals surface area (Å²) >= 11 is 3.65. The first kappa shape index (κ1) is 23.5. The van der Waals surface area contributed by atoms with Gasteiger partial charge in [-0.2, -0.15) is 0 Å². The number of hydrogen-bond donors (Lipinski definition) is 0. The van der Waals surface area contributed by atoms with Crippen LogP contribution in [0.5, 0.6) is 0 Å². The van der Waals surface area contributed by atoms with Gasteiger partial charge in [-0.1, -0.05) is 72.8 Å². The number of aromatic nitrogens is 5. The molecule has 4 aromatic heterocycles. The molecule has 0 saturated carbocycles. The van der Waals surface area contributed by atoms with E-state index >= 15 is 0 Å². The fraction of sp³-hybridized carbons (Fsp3) is 0. The number of para-hydroxylation sites is 1. The lowest BCUT2D eigenvalue weighted by Gasteiger charge is -2.15. The molecule has 0 aliphatic rings. The summed E-state index contributed by atoms with van der Waals surface area (Å²) in [5.41, 5.74) is 5.55. The van der Waals surface area contributed by atoms with Gasteiger partial charge in [-0.3, -0.25) is 4.57 Å². The molecular formula is C36H20BrN5. The van der Waals surface area contributed by atoms with Gasteiger partial charge in [-0.15, -0.1) is 0 Å². The van der Waals surface area contributed by atoms with Gasteiger partial charge in [0.05, 0.1) is 16.7 Å². The molecule has 42 heavy (non-hydrogen) atoms. The molecular weight excluding hydrogens is 582 g/mol. The van der Waals surface area contributed by atoms with Crippen molar-refractivity contribution >= 4 is 81.2 Å². The van der Waals surface area contributed by atoms with Gasteiger partial charge in [-0.05, 0) is 79.9 Å². The lowest BCUT2D eigenvalue weighted by Crippen LogP contribution is -2.00. The average Bonchev–Trinajstić information content (AvgIpc) is 3.37. The lowest BCUT2D eigenvalue weighted by molar-refractivity contribution is 1.07. The van der Waals surface area contributed by atoms with E-state index in [1.165, 1.54) is 10.8 Å². The molecule has 5 aromatic carbocycles. The van der Waals surface area contributed by atoms with Gasteiger partial charge in [0.2, 0.25) is 0 Å². The monoisotopic (exact) mass is 601 g/mol. The Hall–Kier alpha value is -5.20. The number of rotatable bonds is 2. The zero-order valence-corrected chi connectivity index (χ0v) is 23.7. The van der Waals surface area contributed by atoms with Crippen molar-refractivity contribution in [1.29, 1.82) is 0 Å². The molecule has 5 nitrogen and oxygen atoms in total. The first-order valence-corrected chi connectivity index (χ1v) is 14.6. The van der Waals surface area contributed by atoms with Crippen molar-refractivity contribution in [2.45, 2.75) is 0 Å². The second-order valence-electron chi connectivity index (χ2n) is 10.5. The van der Waals surface area contributed by atoms with Crippen LogP contribution in [0.25, 0.3) is 82.4 Å². The third-order valence-electron chi connectivity index (χ3n) is 8.15. The van der Waals surface area contributed by atoms with E-state index in [9.17, 15) is 0 Å². The molecule has 9 rings (SSSR count). The summed E-state index contributed by atoms with van der Waals surface area (Å²) in [4.78, 5) is 19.9. The van der Waals surface area contributed by atoms with E-state index in [1.54, 1.807) is 0 Å². The molecule has 0 N–H and O–H groups in total. The Morgan fingerprint density at radius 3 is 2.02 bits per heavy atom. The molecule has 9 aromatic rings. The van der Waals surface area contributed by atoms with Crippen molar-refractivity contribution in [2.24, 2.45) is 0 Å². The van der Waals surface area contributed by atoms with Crippen LogP contribution >= 0.6 is 15.9 Å². The van der Waals surface area contributed by atoms with E-state index in [2.05, 4.69) is 130 Å². The lowest BCUT2D eigenvalue weighted by atomic mass is 9.93. The average molecular weight is 602 g/mol. The highest BCUT2D eigenvalue weighted by atomic mass is 79.9. The summed E-state index contributed by atoms with van der Waals surface area (Å²) in [5.74, 6) is 0.798. The molecule has 6 heteroatoms. The molecule has 0 radical (unpaired) electrons. The third-order valence-corrected chi connectivity index (χ3v) is 8.51. The fourth-order valence-corrected chi connectivity index (χ4v) is 6.70. The van der Waals surface area contributed by atoms with Crippen LogP contribution in [0, 0.1) is 0 Å². The van der Waals surface area contributed by atoms with Gasteiger partial charge in [0.1, 0.15) is 17.0 Å². The number of nitrogens with zero attached hydrogens (tertiary/aromatic N) is 5. The summed E-state index contributed by atoms with van der Waals surface area (Å²) in [6.07, 6.45) is 1.83. The molecule has 0 atom stereocenters. The Labute approximate surface area is 248 Å². The summed E-state index contributed by atoms with van der Waals surface area (Å²) in [6.45, 7) is 0. The second kappa shape index (κ2) is 8.90. The highest BCUT2D eigenvalue weighted by molar-refractivity contribution is 9.10. The minimum atomic E-state index is 0.528. The van der Waals surface area contributed by atoms with E-state index in [-0.39, 0.29) is 0 Å². The fourth-order valence-electron chi connectivity index (χ4n) is 6.35. The van der Waals surface area contributed by atoms with Crippen LogP contribution in [0.3, 0.4) is 0 Å². The van der Waals surface area contributed by atoms with Crippen molar-refractivity contribution in [3.8, 4) is 17.1 Å². The van der Waals surface area contributed by atoms with Gasteiger partial charge in [-0.25, -0.2) is 19.9 Å². The third kappa shape index (κ3) is 3.36. The van der Waals surface area contributed by atoms with Crippen molar-refractivity contribution in [3.05, 3.63) is 126 Å². The van der Waals surface area contributed by atoms with Crippen LogP contribution < -0.4 is 0 Å². The van der Waals surface area contributed by atoms with E-state index in [0.29, 0.717) is 4.73 Å². The quantitative estimate of drug-likeness (QED) is 0.112. The van der Waals surface area contributed by atoms with Gasteiger partial charge >= 0.3 is 0 Å². The number of fused-ring (bicyclic) bond motifs is 8. The SMILES string of the molecule is Brc1nc(-c2c3ccccc3cc3ccccc23)c2ccc3ccc(-n4c5ccccc5c5cccnc54)nc3c2n1. The highest BCUT2D eigenvalue weighted by Crippen LogP contribution is 2.40. The minimum Gasteiger partial charge on any atom is -0.278 e. The minimum absolute atomic E-state index is 0.528. The Balaban J connectivity index is 1.38. The van der Waals surface area contributed by atoms with E-state index < -0.39 is 0 Å². The smallest absolute Gasteiger partial charge is 0.197 e. The second-order valence-corrected chi connectivity index (χ2v) is 11.2. The van der Waals surface area contributed by atoms with Crippen molar-refractivity contribution in [3.63, 3.8) is 0 Å². The topological polar surface area (TPSA) is 56.5 Å². The predicted octanol–water partition coefficient (Wildman–Crippen LogP) is 9.41. The van der Waals surface area contributed by atoms with E-state index in [4.69, 9.17) is 19.9 Å². The first-order valence-electron chi connectivity index (χ1n) is 13.8. The van der Waals surface area contributed by atoms with Crippen LogP contribution in [-0.2, 0) is 0 Å². The maximum atomic E-state index is 5.26. The Morgan fingerprint density at radius 2 is 1.21 bits per heavy atom. The molecule has 0 aliphatic heterocycles. The number of hydrogen-bond acceptors (Lipinski definition) is 4. The highest BCUT2D eigenvalue weighted by Gasteiger charge is 2.19. The number of halogens is 1. The van der Waals surface area contributed by atoms with Crippen LogP contribution in [0.2, 0.25) is 0 Å². The molecule has 0 aliphatic carbocycles. The van der Waals surface area contributed by atoms with Crippen LogP contribution in [0.1, 0.15) is 0 Å². The summed E-state index contributed by atoms with van der Waals surface area (Å²) < 4.78 is 2.67. The molecule has 0 unspecified atom stereocenters. The van der Waals surface area contributed by atoms with Crippen molar-refractivity contribution < 1.29 is 0 Å². The Morgan fingerprint density at radius 1 is 0.524 bits per heavy atom. The zero-order valence-electron chi connectivity index (χ0n) is 22.2. The Kier molecular flexibility index (Phi) is 4.98. The van der Waals surface area contributed by atoms with Gasteiger partial charge < -0.3 is 0 Å². The molecule has 0 fully saturated rings. The Bertz CT molecular complexity index is 2440. The molecule has 4 heterocycles. The predicted molar refractivity (Wildman–Crippen MR) is 175 cm³/mol. The first-order chi connectivity index (χ1) is 20.7. The number of pyridine rings is 2. The summed E-state index contributed by atoms with van der Waals surface area (Å²) in [5, 5.41) is 8.88. The zero-order chi connectivity index (χ0) is 27.8. The summed E-state index contributed by atoms with van der Waals surface area (Å²) in [7, 11) is 0. The largest absolute Gasteiger partial charge is 0.278 e. The van der Waals surface area contributed by atoms with Crippen LogP contribution in [0.4, 0.5) is 0 Å². The van der Waals surface area contributed by atoms with E-state index in [0.717, 1.165) is 71.6 Å². The van der Waals surface area contributed by atoms with Crippen molar-refractivity contribution in [2.75, 3.05) is 0 Å². The maximum absolute atomic E-state index is 5.26. The molecule has 0 saturated heterocycles. The normalized spacial score (nSPS) is 11.9. The van der Waals surface area contributed by atoms with Gasteiger partial charge in [0, 0.05) is 33.3 Å². The molecule has 0 spiro atoms. The summed E-state index contributed by atoms with van der Waals surface area (Å²) in [6, 6.07) is 40.1. The molecule has 196 valence electrons. The van der Waals surface area contributed by atoms with Crippen molar-refractivity contribution in [1.82, 2.24) is 24.5 Å². The standard InChI is InChI=1S/C36H20BrN5/c37-36-40-33(31-24-10-3-1-8-22(24)20-23-9-2-4-11-25(23)31)28-17-15-21-16-18-30(39-32(21)34(28)41-36)42-29-14-6-5-12-26(29)27-13-7-19-38-35(27)42/h1-20H. The van der Waals surface area contributed by atoms with Gasteiger partial charge in [0.15, 0.2) is 4.73 Å². The van der Waals surface area contributed by atoms with Crippen LogP contribution in [0.15, 0.2) is 126 Å². The molecule has 0 amide bonds. The van der Waals surface area contributed by atoms with Crippen LogP contribution in [-0.4, -0.2) is 24.5 Å². The molecule has 0 bridgehead atoms. The van der Waals surface area contributed by atoms with E-state index in [1.807, 2.05) is 12.3 Å². The maximum Gasteiger partial charge on any atom is 0.197 e.